The number of nitrogens with zero attached hydrogens (tertiary/aromatic N) is 7. The quantitative estimate of drug-likeness (QED) is 0.0447. The second kappa shape index (κ2) is 34.6. The van der Waals surface area contributed by atoms with E-state index in [4.69, 9.17) is 35.3 Å². The first-order valence-electron chi connectivity index (χ1n) is 32.5. The number of hydrogen-bond acceptors (Lipinski definition) is 9. The SMILES string of the molecule is C1CCOC1.C=CC(=O)N1CCN(c2nc(OCCCN3CCOCC3)nc3c2CCN(c2c(C)ccc4[nH]ccc24)C3)CC1.CC(C)[Si](Cl)(C(C)C)C(C)C.Cc1ccc2[nH]ccc2c1Br.Cc1ccc2c(ccn2[Si](C(C)C)(C(C)C)C(C)C)c1Br.[H-].[Na+]. The number of fused-ring (bicyclic) bond motifs is 4. The van der Waals surface area contributed by atoms with Gasteiger partial charge >= 0.3 is 35.6 Å². The Labute approximate surface area is 581 Å². The molecule has 0 aliphatic carbocycles. The molecule has 0 atom stereocenters. The summed E-state index contributed by atoms with van der Waals surface area (Å²) in [6.07, 6.45) is 12.0. The predicted octanol–water partition coefficient (Wildman–Crippen LogP) is 15.1. The number of rotatable bonds is 15. The molecule has 4 aromatic heterocycles. The van der Waals surface area contributed by atoms with E-state index in [-0.39, 0.29) is 36.9 Å². The largest absolute Gasteiger partial charge is 1.00 e. The third-order valence-corrected chi connectivity index (χ3v) is 36.9. The molecule has 4 aliphatic heterocycles. The van der Waals surface area contributed by atoms with Crippen molar-refractivity contribution in [3.05, 3.63) is 123 Å². The number of nitrogens with one attached hydrogen (secondary N) is 2. The number of morpholine rings is 1. The average molecular weight is 1410 g/mol. The maximum atomic E-state index is 12.2. The van der Waals surface area contributed by atoms with Crippen molar-refractivity contribution in [1.29, 1.82) is 0 Å². The van der Waals surface area contributed by atoms with Crippen molar-refractivity contribution < 1.29 is 50.0 Å². The van der Waals surface area contributed by atoms with Crippen LogP contribution in [0.25, 0.3) is 32.7 Å². The fourth-order valence-corrected chi connectivity index (χ4v) is 25.8. The molecule has 7 aromatic rings. The Morgan fingerprint density at radius 1 is 0.674 bits per heavy atom. The van der Waals surface area contributed by atoms with Crippen molar-refractivity contribution >= 4 is 109 Å². The monoisotopic (exact) mass is 1410 g/mol. The maximum Gasteiger partial charge on any atom is 1.00 e. The van der Waals surface area contributed by atoms with E-state index >= 15 is 0 Å². The van der Waals surface area contributed by atoms with E-state index < -0.39 is 15.6 Å². The standard InChI is InChI=1S/C30H39N7O3.C18H28BrNSi.C9H8BrN.C9H21ClSi.C4H8O.Na.H/c1-3-27(38)35-12-14-36(15-13-35)29-24-8-11-37(28-22(2)5-6-25-23(28)7-9-31-25)21-26(24)32-30(33-29)40-18-4-10-34-16-19-39-20-17-34;1-12(2)21(13(3)4,14(5)6)20-11-10-16-17(20)9-8-15(7)18(16)19;1-6-2-3-8-7(9(6)10)4-5-11-8;1-7(2)11(10,8(3)4)9(5)6;1-2-4-5-3-1;;/h3,5-7,9,31H,1,4,8,10-21H2,2H3;8-14H,1-7H3;2-5,11H,1H3;7-9H,1-6H3;1-4H2;;/q;;;;;+1;-1. The number of aryl methyl sites for hydroxylation is 3. The van der Waals surface area contributed by atoms with Gasteiger partial charge in [-0.05, 0) is 177 Å². The van der Waals surface area contributed by atoms with Crippen molar-refractivity contribution in [2.45, 2.75) is 169 Å². The van der Waals surface area contributed by atoms with Crippen molar-refractivity contribution in [1.82, 2.24) is 34.0 Å². The number of piperazine rings is 1. The number of aromatic amines is 2. The molecule has 484 valence electrons. The Kier molecular flexibility index (Phi) is 29.0. The van der Waals surface area contributed by atoms with Crippen LogP contribution >= 0.6 is 42.9 Å². The summed E-state index contributed by atoms with van der Waals surface area (Å²) >= 11 is 14.0. The molecule has 8 heterocycles. The fraction of sp³-hybridized carbons (Fsp3) is 0.557. The normalized spacial score (nSPS) is 15.6. The minimum Gasteiger partial charge on any atom is -1.00 e. The summed E-state index contributed by atoms with van der Waals surface area (Å²) < 4.78 is 21.7. The van der Waals surface area contributed by atoms with E-state index in [1.54, 1.807) is 0 Å². The zero-order valence-electron chi connectivity index (χ0n) is 57.8. The number of halogens is 3. The molecule has 4 aliphatic rings. The first-order chi connectivity index (χ1) is 42.0. The van der Waals surface area contributed by atoms with Crippen molar-refractivity contribution in [3.8, 4) is 6.01 Å². The van der Waals surface area contributed by atoms with E-state index in [2.05, 4.69) is 232 Å². The zero-order valence-corrected chi connectivity index (χ0v) is 64.7. The summed E-state index contributed by atoms with van der Waals surface area (Å²) in [4.78, 5) is 37.6. The predicted molar refractivity (Wildman–Crippen MR) is 386 cm³/mol. The Morgan fingerprint density at radius 3 is 1.75 bits per heavy atom. The molecule has 0 saturated carbocycles. The molecule has 0 radical (unpaired) electrons. The van der Waals surface area contributed by atoms with Gasteiger partial charge in [-0.2, -0.15) is 21.0 Å². The number of carbonyl (C=O) groups excluding carboxylic acids is 1. The fourth-order valence-electron chi connectivity index (χ4n) is 14.3. The van der Waals surface area contributed by atoms with Gasteiger partial charge < -0.3 is 44.5 Å². The number of carbonyl (C=O) groups is 1. The molecule has 0 unspecified atom stereocenters. The van der Waals surface area contributed by atoms with Gasteiger partial charge in [-0.1, -0.05) is 108 Å². The molecule has 0 spiro atoms. The smallest absolute Gasteiger partial charge is 1.00 e. The van der Waals surface area contributed by atoms with E-state index in [0.29, 0.717) is 65.5 Å². The number of ether oxygens (including phenoxy) is 3. The van der Waals surface area contributed by atoms with Gasteiger partial charge in [-0.25, -0.2) is 0 Å². The molecule has 1 amide bonds. The zero-order chi connectivity index (χ0) is 64.0. The Bertz CT molecular complexity index is 3320. The van der Waals surface area contributed by atoms with Crippen LogP contribution in [0.15, 0.2) is 94.8 Å². The topological polar surface area (TPSA) is 120 Å². The summed E-state index contributed by atoms with van der Waals surface area (Å²) in [7, 11) is -3.17. The van der Waals surface area contributed by atoms with Crippen LogP contribution in [0.4, 0.5) is 11.5 Å². The van der Waals surface area contributed by atoms with Crippen molar-refractivity contribution in [2.24, 2.45) is 0 Å². The Balaban J connectivity index is 0.000000244. The van der Waals surface area contributed by atoms with Gasteiger partial charge in [0.25, 0.3) is 0 Å². The first-order valence-corrected chi connectivity index (χ1v) is 39.5. The molecule has 13 nitrogen and oxygen atoms in total. The first kappa shape index (κ1) is 74.6. The number of benzene rings is 3. The second-order valence-electron chi connectivity index (χ2n) is 26.2. The van der Waals surface area contributed by atoms with Crippen LogP contribution in [-0.2, 0) is 27.2 Å². The molecule has 3 fully saturated rings. The van der Waals surface area contributed by atoms with Gasteiger partial charge in [0, 0.05) is 131 Å². The third kappa shape index (κ3) is 17.9. The molecule has 3 saturated heterocycles. The number of H-pyrrole nitrogens is 2. The van der Waals surface area contributed by atoms with Crippen LogP contribution in [0, 0.1) is 20.8 Å². The second-order valence-corrected chi connectivity index (χ2v) is 40.6. The van der Waals surface area contributed by atoms with Gasteiger partial charge in [0.2, 0.25) is 5.91 Å². The summed E-state index contributed by atoms with van der Waals surface area (Å²) in [6.45, 7) is 49.6. The van der Waals surface area contributed by atoms with Crippen molar-refractivity contribution in [2.75, 3.05) is 95.2 Å². The van der Waals surface area contributed by atoms with E-state index in [9.17, 15) is 4.79 Å². The molecular weight excluding hydrogens is 1310 g/mol. The van der Waals surface area contributed by atoms with E-state index in [1.807, 2.05) is 17.3 Å². The van der Waals surface area contributed by atoms with E-state index in [0.717, 1.165) is 95.6 Å². The molecule has 0 bridgehead atoms. The summed E-state index contributed by atoms with van der Waals surface area (Å²) in [5, 5.41) is 3.85. The van der Waals surface area contributed by atoms with Crippen LogP contribution in [0.1, 0.15) is 132 Å². The summed E-state index contributed by atoms with van der Waals surface area (Å²) in [6, 6.07) is 20.0. The summed E-state index contributed by atoms with van der Waals surface area (Å²) in [5.74, 6) is 0.939. The van der Waals surface area contributed by atoms with Crippen LogP contribution in [0.2, 0.25) is 33.2 Å². The molecular formula is C70H105Br2ClN9NaO4Si2. The van der Waals surface area contributed by atoms with Gasteiger partial charge in [-0.15, -0.1) is 0 Å². The van der Waals surface area contributed by atoms with Gasteiger partial charge in [0.1, 0.15) is 5.82 Å². The Morgan fingerprint density at radius 2 is 1.21 bits per heavy atom. The van der Waals surface area contributed by atoms with Crippen LogP contribution in [-0.4, -0.2) is 141 Å². The Hall–Kier alpha value is -3.47. The number of anilines is 2. The third-order valence-electron chi connectivity index (χ3n) is 18.8. The van der Waals surface area contributed by atoms with Crippen LogP contribution in [0.5, 0.6) is 6.01 Å². The molecule has 89 heavy (non-hydrogen) atoms. The summed E-state index contributed by atoms with van der Waals surface area (Å²) in [5.41, 5.74) is 15.2. The molecule has 2 N–H and O–H groups in total. The molecule has 3 aromatic carbocycles. The minimum atomic E-state index is -1.66. The maximum absolute atomic E-state index is 12.2. The van der Waals surface area contributed by atoms with Gasteiger partial charge in [0.15, 0.2) is 15.6 Å². The molecule has 19 heteroatoms. The average Bonchev–Trinajstić information content (AvgIpc) is 1.66. The van der Waals surface area contributed by atoms with Gasteiger partial charge in [-0.3, -0.25) is 9.69 Å². The van der Waals surface area contributed by atoms with Crippen LogP contribution < -0.4 is 44.1 Å². The molecule has 11 rings (SSSR count). The number of hydrogen-bond donors (Lipinski definition) is 2. The van der Waals surface area contributed by atoms with Gasteiger partial charge in [0.05, 0.1) is 32.1 Å². The van der Waals surface area contributed by atoms with E-state index in [1.165, 1.54) is 83.0 Å². The van der Waals surface area contributed by atoms with Crippen LogP contribution in [0.3, 0.4) is 0 Å². The van der Waals surface area contributed by atoms with Crippen molar-refractivity contribution in [3.63, 3.8) is 0 Å². The number of amides is 1. The number of aromatic nitrogens is 5. The minimum absolute atomic E-state index is 0.